The smallest absolute Gasteiger partial charge is 0.305 e. The van der Waals surface area contributed by atoms with Crippen molar-refractivity contribution < 1.29 is 19.1 Å². The van der Waals surface area contributed by atoms with Crippen LogP contribution in [-0.2, 0) is 19.1 Å². The zero-order valence-electron chi connectivity index (χ0n) is 12.2. The average Bonchev–Trinajstić information content (AvgIpc) is 2.42. The summed E-state index contributed by atoms with van der Waals surface area (Å²) in [6.07, 6.45) is 7.76. The Labute approximate surface area is 116 Å². The molecule has 0 N–H and O–H groups in total. The zero-order chi connectivity index (χ0) is 14.5. The van der Waals surface area contributed by atoms with E-state index in [2.05, 4.69) is 16.1 Å². The van der Waals surface area contributed by atoms with Gasteiger partial charge in [-0.25, -0.2) is 0 Å². The Morgan fingerprint density at radius 3 is 1.58 bits per heavy atom. The van der Waals surface area contributed by atoms with Crippen molar-refractivity contribution in [3.05, 3.63) is 12.2 Å². The van der Waals surface area contributed by atoms with Crippen LogP contribution in [0.25, 0.3) is 0 Å². The van der Waals surface area contributed by atoms with Crippen molar-refractivity contribution in [2.24, 2.45) is 0 Å². The van der Waals surface area contributed by atoms with Crippen LogP contribution in [0.5, 0.6) is 0 Å². The van der Waals surface area contributed by atoms with Crippen LogP contribution in [0.3, 0.4) is 0 Å². The standard InChI is InChI=1S/C15H26O4/c1-13(10-7-8-12-15(17)19-3)9-5-4-6-11-14(16)18-2/h1,4-12H2,2-3H3. The van der Waals surface area contributed by atoms with Crippen LogP contribution in [0.4, 0.5) is 0 Å². The molecule has 0 spiro atoms. The second-order valence-electron chi connectivity index (χ2n) is 4.67. The van der Waals surface area contributed by atoms with Gasteiger partial charge < -0.3 is 9.47 Å². The van der Waals surface area contributed by atoms with E-state index >= 15 is 0 Å². The lowest BCUT2D eigenvalue weighted by Gasteiger charge is -2.05. The fraction of sp³-hybridized carbons (Fsp3) is 0.733. The van der Waals surface area contributed by atoms with Crippen molar-refractivity contribution in [3.8, 4) is 0 Å². The summed E-state index contributed by atoms with van der Waals surface area (Å²) in [7, 11) is 2.83. The molecule has 4 heteroatoms. The van der Waals surface area contributed by atoms with Gasteiger partial charge in [0.1, 0.15) is 0 Å². The number of unbranched alkanes of at least 4 members (excludes halogenated alkanes) is 3. The van der Waals surface area contributed by atoms with Crippen molar-refractivity contribution in [2.75, 3.05) is 14.2 Å². The monoisotopic (exact) mass is 270 g/mol. The van der Waals surface area contributed by atoms with E-state index in [0.29, 0.717) is 12.8 Å². The molecule has 0 aliphatic rings. The topological polar surface area (TPSA) is 52.6 Å². The van der Waals surface area contributed by atoms with E-state index in [1.165, 1.54) is 19.8 Å². The van der Waals surface area contributed by atoms with Gasteiger partial charge in [-0.15, -0.1) is 0 Å². The molecular weight excluding hydrogens is 244 g/mol. The summed E-state index contributed by atoms with van der Waals surface area (Å²) in [6.45, 7) is 4.03. The Kier molecular flexibility index (Phi) is 10.9. The Morgan fingerprint density at radius 2 is 1.11 bits per heavy atom. The van der Waals surface area contributed by atoms with Crippen LogP contribution in [0.1, 0.15) is 57.8 Å². The van der Waals surface area contributed by atoms with Gasteiger partial charge in [0, 0.05) is 12.8 Å². The molecular formula is C15H26O4. The van der Waals surface area contributed by atoms with Crippen LogP contribution in [0.15, 0.2) is 12.2 Å². The first-order valence-corrected chi connectivity index (χ1v) is 6.90. The normalized spacial score (nSPS) is 10.0. The van der Waals surface area contributed by atoms with E-state index in [1.807, 2.05) is 0 Å². The number of carbonyl (C=O) groups excluding carboxylic acids is 2. The number of ether oxygens (including phenoxy) is 2. The summed E-state index contributed by atoms with van der Waals surface area (Å²) >= 11 is 0. The lowest BCUT2D eigenvalue weighted by molar-refractivity contribution is -0.141. The second kappa shape index (κ2) is 11.8. The average molecular weight is 270 g/mol. The number of hydrogen-bond acceptors (Lipinski definition) is 4. The Bertz CT molecular complexity index is 284. The second-order valence-corrected chi connectivity index (χ2v) is 4.67. The van der Waals surface area contributed by atoms with Crippen LogP contribution < -0.4 is 0 Å². The van der Waals surface area contributed by atoms with Crippen molar-refractivity contribution >= 4 is 11.9 Å². The Hall–Kier alpha value is -1.32. The SMILES string of the molecule is C=C(CCCCCC(=O)OC)CCCCC(=O)OC. The van der Waals surface area contributed by atoms with Gasteiger partial charge in [-0.2, -0.15) is 0 Å². The first-order chi connectivity index (χ1) is 9.10. The lowest BCUT2D eigenvalue weighted by atomic mass is 10.0. The van der Waals surface area contributed by atoms with E-state index < -0.39 is 0 Å². The molecule has 0 heterocycles. The molecule has 4 nitrogen and oxygen atoms in total. The van der Waals surface area contributed by atoms with E-state index in [9.17, 15) is 9.59 Å². The van der Waals surface area contributed by atoms with Gasteiger partial charge >= 0.3 is 11.9 Å². The number of carbonyl (C=O) groups is 2. The first-order valence-electron chi connectivity index (χ1n) is 6.90. The molecule has 0 aromatic heterocycles. The molecule has 0 fully saturated rings. The van der Waals surface area contributed by atoms with E-state index in [-0.39, 0.29) is 11.9 Å². The van der Waals surface area contributed by atoms with Gasteiger partial charge in [0.25, 0.3) is 0 Å². The van der Waals surface area contributed by atoms with Crippen molar-refractivity contribution in [1.29, 1.82) is 0 Å². The summed E-state index contributed by atoms with van der Waals surface area (Å²) in [5.41, 5.74) is 1.22. The zero-order valence-corrected chi connectivity index (χ0v) is 12.2. The van der Waals surface area contributed by atoms with Gasteiger partial charge in [-0.3, -0.25) is 9.59 Å². The summed E-state index contributed by atoms with van der Waals surface area (Å²) < 4.78 is 9.16. The van der Waals surface area contributed by atoms with Crippen LogP contribution >= 0.6 is 0 Å². The van der Waals surface area contributed by atoms with Gasteiger partial charge in [0.05, 0.1) is 14.2 Å². The van der Waals surface area contributed by atoms with Crippen molar-refractivity contribution in [1.82, 2.24) is 0 Å². The summed E-state index contributed by atoms with van der Waals surface area (Å²) in [5, 5.41) is 0. The first kappa shape index (κ1) is 17.7. The molecule has 19 heavy (non-hydrogen) atoms. The summed E-state index contributed by atoms with van der Waals surface area (Å²) in [6, 6.07) is 0. The van der Waals surface area contributed by atoms with Gasteiger partial charge in [-0.1, -0.05) is 18.6 Å². The molecule has 0 aliphatic carbocycles. The molecule has 0 saturated heterocycles. The van der Waals surface area contributed by atoms with E-state index in [0.717, 1.165) is 44.9 Å². The van der Waals surface area contributed by atoms with Gasteiger partial charge in [-0.05, 0) is 38.5 Å². The Morgan fingerprint density at radius 1 is 0.737 bits per heavy atom. The molecule has 0 saturated carbocycles. The number of rotatable bonds is 11. The van der Waals surface area contributed by atoms with Gasteiger partial charge in [0.2, 0.25) is 0 Å². The van der Waals surface area contributed by atoms with Crippen molar-refractivity contribution in [3.63, 3.8) is 0 Å². The van der Waals surface area contributed by atoms with E-state index in [4.69, 9.17) is 0 Å². The minimum Gasteiger partial charge on any atom is -0.469 e. The van der Waals surface area contributed by atoms with Crippen LogP contribution in [0, 0.1) is 0 Å². The number of hydrogen-bond donors (Lipinski definition) is 0. The van der Waals surface area contributed by atoms with Gasteiger partial charge in [0.15, 0.2) is 0 Å². The molecule has 0 aliphatic heterocycles. The predicted octanol–water partition coefficient (Wildman–Crippen LogP) is 3.40. The van der Waals surface area contributed by atoms with E-state index in [1.54, 1.807) is 0 Å². The molecule has 0 amide bonds. The fourth-order valence-corrected chi connectivity index (χ4v) is 1.79. The minimum absolute atomic E-state index is 0.137. The molecule has 110 valence electrons. The van der Waals surface area contributed by atoms with Crippen LogP contribution in [-0.4, -0.2) is 26.2 Å². The molecule has 0 aromatic rings. The maximum absolute atomic E-state index is 10.9. The Balaban J connectivity index is 3.35. The summed E-state index contributed by atoms with van der Waals surface area (Å²) in [4.78, 5) is 21.8. The number of allylic oxidation sites excluding steroid dienone is 1. The number of methoxy groups -OCH3 is 2. The number of esters is 2. The third-order valence-corrected chi connectivity index (χ3v) is 3.03. The largest absolute Gasteiger partial charge is 0.469 e. The molecule has 0 atom stereocenters. The quantitative estimate of drug-likeness (QED) is 0.328. The van der Waals surface area contributed by atoms with Crippen molar-refractivity contribution in [2.45, 2.75) is 57.8 Å². The molecule has 0 unspecified atom stereocenters. The highest BCUT2D eigenvalue weighted by Crippen LogP contribution is 2.15. The third kappa shape index (κ3) is 11.5. The predicted molar refractivity (Wildman–Crippen MR) is 74.7 cm³/mol. The minimum atomic E-state index is -0.145. The molecule has 0 rings (SSSR count). The molecule has 0 bridgehead atoms. The maximum Gasteiger partial charge on any atom is 0.305 e. The summed E-state index contributed by atoms with van der Waals surface area (Å²) in [5.74, 6) is -0.282. The molecule has 0 aromatic carbocycles. The fourth-order valence-electron chi connectivity index (χ4n) is 1.79. The highest BCUT2D eigenvalue weighted by molar-refractivity contribution is 5.69. The van der Waals surface area contributed by atoms with Crippen LogP contribution in [0.2, 0.25) is 0 Å². The lowest BCUT2D eigenvalue weighted by Crippen LogP contribution is -1.99. The highest BCUT2D eigenvalue weighted by Gasteiger charge is 2.02. The molecule has 0 radical (unpaired) electrons. The maximum atomic E-state index is 10.9. The third-order valence-electron chi connectivity index (χ3n) is 3.03. The highest BCUT2D eigenvalue weighted by atomic mass is 16.5.